The van der Waals surface area contributed by atoms with Gasteiger partial charge in [-0.1, -0.05) is 12.1 Å². The first-order valence-electron chi connectivity index (χ1n) is 9.00. The van der Waals surface area contributed by atoms with Crippen molar-refractivity contribution >= 4 is 40.7 Å². The van der Waals surface area contributed by atoms with Crippen LogP contribution in [0.15, 0.2) is 59.8 Å². The molecule has 0 saturated carbocycles. The van der Waals surface area contributed by atoms with Gasteiger partial charge < -0.3 is 10.2 Å². The molecule has 0 aliphatic carbocycles. The highest BCUT2D eigenvalue weighted by atomic mass is 32.2. The number of hydrogen-bond acceptors (Lipinski definition) is 8. The molecule has 0 aliphatic rings. The van der Waals surface area contributed by atoms with Crippen LogP contribution in [0.4, 0.5) is 36.2 Å². The highest BCUT2D eigenvalue weighted by molar-refractivity contribution is 8.03. The molecule has 2 aromatic carbocycles. The fraction of sp³-hybridized carbons (Fsp3) is 0.100. The Bertz CT molecular complexity index is 1260. The molecule has 1 heterocycles. The van der Waals surface area contributed by atoms with Crippen molar-refractivity contribution in [2.45, 2.75) is 11.2 Å². The van der Waals surface area contributed by atoms with Crippen LogP contribution in [0.3, 0.4) is 0 Å². The Hall–Kier alpha value is -4.18. The smallest absolute Gasteiger partial charge is 0.322 e. The zero-order valence-corrected chi connectivity index (χ0v) is 17.5. The van der Waals surface area contributed by atoms with E-state index in [-0.39, 0.29) is 22.2 Å². The van der Waals surface area contributed by atoms with Gasteiger partial charge in [0.05, 0.1) is 10.5 Å². The molecule has 0 saturated heterocycles. The molecule has 0 unspecified atom stereocenters. The van der Waals surface area contributed by atoms with Gasteiger partial charge in [-0.2, -0.15) is 23.4 Å². The van der Waals surface area contributed by atoms with E-state index in [0.29, 0.717) is 17.4 Å². The number of nitrogens with one attached hydrogen (secondary N) is 1. The number of thiocyanates is 1. The third-order valence-electron chi connectivity index (χ3n) is 4.31. The number of carbonyl (C=O) groups excluding carboxylic acids is 1. The molecule has 13 heteroatoms. The number of nitrogens with zero attached hydrogens (tertiary/aromatic N) is 5. The zero-order chi connectivity index (χ0) is 24.2. The van der Waals surface area contributed by atoms with E-state index in [1.807, 2.05) is 0 Å². The summed E-state index contributed by atoms with van der Waals surface area (Å²) in [6.45, 7) is 0. The quantitative estimate of drug-likeness (QED) is 0.174. The van der Waals surface area contributed by atoms with Crippen molar-refractivity contribution < 1.29 is 22.9 Å². The Morgan fingerprint density at radius 1 is 1.24 bits per heavy atom. The Labute approximate surface area is 189 Å². The number of benzene rings is 2. The summed E-state index contributed by atoms with van der Waals surface area (Å²) in [4.78, 5) is 32.3. The third-order valence-corrected chi connectivity index (χ3v) is 4.89. The van der Waals surface area contributed by atoms with Crippen LogP contribution in [0.5, 0.6) is 0 Å². The van der Waals surface area contributed by atoms with E-state index in [1.54, 1.807) is 24.6 Å². The molecule has 0 atom stereocenters. The molecule has 3 rings (SSSR count). The van der Waals surface area contributed by atoms with Gasteiger partial charge in [-0.05, 0) is 36.4 Å². The second-order valence-corrected chi connectivity index (χ2v) is 7.23. The summed E-state index contributed by atoms with van der Waals surface area (Å²) in [5, 5.41) is 24.1. The summed E-state index contributed by atoms with van der Waals surface area (Å²) in [5.74, 6) is -0.681. The number of hydrogen-bond donors (Lipinski definition) is 1. The van der Waals surface area contributed by atoms with Gasteiger partial charge in [-0.15, -0.1) is 0 Å². The Balaban J connectivity index is 1.84. The maximum absolute atomic E-state index is 12.9. The van der Waals surface area contributed by atoms with Gasteiger partial charge in [0.15, 0.2) is 5.03 Å². The monoisotopic (exact) mass is 474 g/mol. The maximum atomic E-state index is 12.9. The highest BCUT2D eigenvalue weighted by Gasteiger charge is 2.31. The second-order valence-electron chi connectivity index (χ2n) is 6.45. The molecule has 9 nitrogen and oxygen atoms in total. The molecule has 0 aliphatic heterocycles. The van der Waals surface area contributed by atoms with Crippen LogP contribution < -0.4 is 10.2 Å². The molecular formula is C20H13F3N6O3S. The lowest BCUT2D eigenvalue weighted by molar-refractivity contribution is -0.388. The summed E-state index contributed by atoms with van der Waals surface area (Å²) in [6, 6.07) is 10.3. The molecule has 33 heavy (non-hydrogen) atoms. The lowest BCUT2D eigenvalue weighted by Crippen LogP contribution is -2.16. The van der Waals surface area contributed by atoms with Gasteiger partial charge in [-0.25, -0.2) is 4.98 Å². The number of halogens is 3. The SMILES string of the molecule is CN(c1cccc(NC(=O)c2cccc(C(F)(F)F)c2)c1)c1ncc([N+](=O)[O-])c(SC#N)n1. The molecule has 1 N–H and O–H groups in total. The maximum Gasteiger partial charge on any atom is 0.416 e. The predicted octanol–water partition coefficient (Wildman–Crippen LogP) is 5.00. The standard InChI is InChI=1S/C20H13F3N6O3S/c1-28(19-25-10-16(29(31)32)18(27-19)33-11-24)15-7-3-6-14(9-15)26-17(30)12-4-2-5-13(8-12)20(21,22)23/h2-10H,1H3,(H,26,30). The van der Waals surface area contributed by atoms with Crippen LogP contribution in [0.1, 0.15) is 15.9 Å². The third kappa shape index (κ3) is 5.55. The van der Waals surface area contributed by atoms with Crippen molar-refractivity contribution in [2.24, 2.45) is 0 Å². The number of nitro groups is 1. The molecule has 0 radical (unpaired) electrons. The van der Waals surface area contributed by atoms with Gasteiger partial charge in [-0.3, -0.25) is 14.9 Å². The number of alkyl halides is 3. The van der Waals surface area contributed by atoms with Crippen molar-refractivity contribution in [3.05, 3.63) is 76.0 Å². The number of carbonyl (C=O) groups is 1. The Morgan fingerprint density at radius 2 is 1.97 bits per heavy atom. The molecule has 168 valence electrons. The van der Waals surface area contributed by atoms with Crippen molar-refractivity contribution in [3.8, 4) is 5.40 Å². The fourth-order valence-electron chi connectivity index (χ4n) is 2.70. The fourth-order valence-corrected chi connectivity index (χ4v) is 3.15. The highest BCUT2D eigenvalue weighted by Crippen LogP contribution is 2.31. The van der Waals surface area contributed by atoms with Crippen LogP contribution in [0, 0.1) is 20.8 Å². The van der Waals surface area contributed by atoms with Crippen molar-refractivity contribution in [2.75, 3.05) is 17.3 Å². The summed E-state index contributed by atoms with van der Waals surface area (Å²) >= 11 is 0.518. The van der Waals surface area contributed by atoms with Crippen LogP contribution in [-0.2, 0) is 6.18 Å². The molecular weight excluding hydrogens is 461 g/mol. The molecule has 1 aromatic heterocycles. The van der Waals surface area contributed by atoms with E-state index in [4.69, 9.17) is 5.26 Å². The van der Waals surface area contributed by atoms with Crippen molar-refractivity contribution in [1.29, 1.82) is 5.26 Å². The molecule has 3 aromatic rings. The average molecular weight is 474 g/mol. The normalized spacial score (nSPS) is 10.9. The van der Waals surface area contributed by atoms with E-state index in [9.17, 15) is 28.1 Å². The lowest BCUT2D eigenvalue weighted by atomic mass is 10.1. The van der Waals surface area contributed by atoms with Crippen LogP contribution in [-0.4, -0.2) is 27.8 Å². The summed E-state index contributed by atoms with van der Waals surface area (Å²) in [7, 11) is 1.57. The number of nitriles is 1. The van der Waals surface area contributed by atoms with Gasteiger partial charge in [0.2, 0.25) is 5.95 Å². The van der Waals surface area contributed by atoms with E-state index in [0.717, 1.165) is 24.4 Å². The Morgan fingerprint density at radius 3 is 2.64 bits per heavy atom. The van der Waals surface area contributed by atoms with E-state index >= 15 is 0 Å². The number of rotatable bonds is 6. The summed E-state index contributed by atoms with van der Waals surface area (Å²) < 4.78 is 38.7. The average Bonchev–Trinajstić information content (AvgIpc) is 2.78. The van der Waals surface area contributed by atoms with E-state index in [1.165, 1.54) is 23.1 Å². The first kappa shape index (κ1) is 23.5. The topological polar surface area (TPSA) is 125 Å². The molecule has 1 amide bonds. The zero-order valence-electron chi connectivity index (χ0n) is 16.7. The van der Waals surface area contributed by atoms with Gasteiger partial charge >= 0.3 is 11.9 Å². The number of aromatic nitrogens is 2. The number of anilines is 3. The molecule has 0 spiro atoms. The largest absolute Gasteiger partial charge is 0.416 e. The first-order valence-corrected chi connectivity index (χ1v) is 9.81. The minimum absolute atomic E-state index is 0.0553. The predicted molar refractivity (Wildman–Crippen MR) is 114 cm³/mol. The summed E-state index contributed by atoms with van der Waals surface area (Å²) in [5.41, 5.74) is -0.764. The van der Waals surface area contributed by atoms with E-state index < -0.39 is 28.3 Å². The van der Waals surface area contributed by atoms with Crippen LogP contribution in [0.2, 0.25) is 0 Å². The Kier molecular flexibility index (Phi) is 6.78. The lowest BCUT2D eigenvalue weighted by Gasteiger charge is -2.18. The molecule has 0 bridgehead atoms. The van der Waals surface area contributed by atoms with Gasteiger partial charge in [0.25, 0.3) is 5.91 Å². The second kappa shape index (κ2) is 9.53. The number of amides is 1. The van der Waals surface area contributed by atoms with Gasteiger partial charge in [0, 0.05) is 35.7 Å². The van der Waals surface area contributed by atoms with Crippen LogP contribution >= 0.6 is 11.8 Å². The first-order chi connectivity index (χ1) is 15.6. The van der Waals surface area contributed by atoms with Crippen LogP contribution in [0.25, 0.3) is 0 Å². The van der Waals surface area contributed by atoms with E-state index in [2.05, 4.69) is 15.3 Å². The summed E-state index contributed by atoms with van der Waals surface area (Å²) in [6.07, 6.45) is -3.59. The minimum Gasteiger partial charge on any atom is -0.322 e. The van der Waals surface area contributed by atoms with Gasteiger partial charge in [0.1, 0.15) is 11.6 Å². The van der Waals surface area contributed by atoms with Crippen molar-refractivity contribution in [3.63, 3.8) is 0 Å². The van der Waals surface area contributed by atoms with Crippen molar-refractivity contribution in [1.82, 2.24) is 9.97 Å². The number of thioether (sulfide) groups is 1. The minimum atomic E-state index is -4.58. The molecule has 0 fully saturated rings.